The van der Waals surface area contributed by atoms with E-state index >= 15 is 0 Å². The Bertz CT molecular complexity index is 356. The zero-order valence-corrected chi connectivity index (χ0v) is 12.2. The molecule has 2 N–H and O–H groups in total. The molecule has 0 aromatic carbocycles. The van der Waals surface area contributed by atoms with Crippen molar-refractivity contribution >= 4 is 12.0 Å². The number of urea groups is 1. The zero-order valence-electron chi connectivity index (χ0n) is 12.2. The molecule has 0 aromatic rings. The maximum absolute atomic E-state index is 12.0. The molecule has 6 heteroatoms. The Hall–Kier alpha value is -1.30. The highest BCUT2D eigenvalue weighted by molar-refractivity contribution is 5.77. The Morgan fingerprint density at radius 2 is 2.00 bits per heavy atom. The predicted molar refractivity (Wildman–Crippen MR) is 75.6 cm³/mol. The number of aliphatic carboxylic acids is 1. The monoisotopic (exact) mass is 283 g/mol. The summed E-state index contributed by atoms with van der Waals surface area (Å²) < 4.78 is 0. The van der Waals surface area contributed by atoms with Crippen LogP contribution in [0.1, 0.15) is 26.2 Å². The number of likely N-dealkylation sites (tertiary alicyclic amines) is 2. The molecule has 2 saturated heterocycles. The third-order valence-electron chi connectivity index (χ3n) is 4.20. The minimum Gasteiger partial charge on any atom is -0.481 e. The van der Waals surface area contributed by atoms with Crippen molar-refractivity contribution in [2.75, 3.05) is 39.3 Å². The summed E-state index contributed by atoms with van der Waals surface area (Å²) in [6.07, 6.45) is 3.12. The van der Waals surface area contributed by atoms with Crippen molar-refractivity contribution in [2.45, 2.75) is 26.2 Å². The van der Waals surface area contributed by atoms with Crippen LogP contribution < -0.4 is 5.32 Å². The van der Waals surface area contributed by atoms with Gasteiger partial charge in [0.1, 0.15) is 0 Å². The smallest absolute Gasteiger partial charge is 0.317 e. The number of rotatable bonds is 5. The summed E-state index contributed by atoms with van der Waals surface area (Å²) in [6, 6.07) is -0.123. The lowest BCUT2D eigenvalue weighted by Crippen LogP contribution is -2.42. The van der Waals surface area contributed by atoms with Gasteiger partial charge in [-0.15, -0.1) is 0 Å². The van der Waals surface area contributed by atoms with E-state index in [0.717, 1.165) is 6.54 Å². The van der Waals surface area contributed by atoms with Crippen LogP contribution in [0.15, 0.2) is 0 Å². The Labute approximate surface area is 120 Å². The molecule has 2 aliphatic heterocycles. The second-order valence-corrected chi connectivity index (χ2v) is 6.07. The number of nitrogens with one attached hydrogen (secondary N) is 1. The standard InChI is InChI=1S/C14H25N3O3/c1-11(9-16-5-2-3-6-16)8-15-14(20)17-7-4-12(10-17)13(18)19/h11-12H,2-10H2,1H3,(H,15,20)(H,18,19). The Kier molecular flexibility index (Phi) is 5.23. The lowest BCUT2D eigenvalue weighted by molar-refractivity contribution is -0.141. The van der Waals surface area contributed by atoms with Crippen molar-refractivity contribution in [3.05, 3.63) is 0 Å². The first-order chi connectivity index (χ1) is 9.56. The average Bonchev–Trinajstić information content (AvgIpc) is 3.06. The third kappa shape index (κ3) is 4.10. The van der Waals surface area contributed by atoms with Crippen molar-refractivity contribution in [3.63, 3.8) is 0 Å². The molecule has 2 unspecified atom stereocenters. The van der Waals surface area contributed by atoms with Crippen LogP contribution >= 0.6 is 0 Å². The first-order valence-corrected chi connectivity index (χ1v) is 7.54. The van der Waals surface area contributed by atoms with E-state index in [1.165, 1.54) is 25.9 Å². The molecule has 0 bridgehead atoms. The molecule has 2 atom stereocenters. The fourth-order valence-electron chi connectivity index (χ4n) is 2.99. The van der Waals surface area contributed by atoms with Crippen LogP contribution in [-0.4, -0.2) is 66.2 Å². The number of amides is 2. The zero-order chi connectivity index (χ0) is 14.5. The van der Waals surface area contributed by atoms with Crippen molar-refractivity contribution < 1.29 is 14.7 Å². The van der Waals surface area contributed by atoms with E-state index in [0.29, 0.717) is 32.0 Å². The lowest BCUT2D eigenvalue weighted by Gasteiger charge is -2.22. The fourth-order valence-corrected chi connectivity index (χ4v) is 2.99. The Morgan fingerprint density at radius 3 is 2.60 bits per heavy atom. The molecule has 0 saturated carbocycles. The van der Waals surface area contributed by atoms with E-state index in [4.69, 9.17) is 5.11 Å². The first-order valence-electron chi connectivity index (χ1n) is 7.54. The van der Waals surface area contributed by atoms with E-state index in [2.05, 4.69) is 17.1 Å². The van der Waals surface area contributed by atoms with Gasteiger partial charge in [0.05, 0.1) is 5.92 Å². The average molecular weight is 283 g/mol. The van der Waals surface area contributed by atoms with Gasteiger partial charge in [-0.3, -0.25) is 4.79 Å². The molecule has 0 aliphatic carbocycles. The van der Waals surface area contributed by atoms with E-state index in [-0.39, 0.29) is 6.03 Å². The van der Waals surface area contributed by atoms with Crippen LogP contribution in [-0.2, 0) is 4.79 Å². The van der Waals surface area contributed by atoms with Crippen LogP contribution in [0.25, 0.3) is 0 Å². The molecular formula is C14H25N3O3. The number of hydrogen-bond donors (Lipinski definition) is 2. The number of hydrogen-bond acceptors (Lipinski definition) is 3. The van der Waals surface area contributed by atoms with Gasteiger partial charge in [0.15, 0.2) is 0 Å². The molecular weight excluding hydrogens is 258 g/mol. The van der Waals surface area contributed by atoms with Gasteiger partial charge in [0.25, 0.3) is 0 Å². The fraction of sp³-hybridized carbons (Fsp3) is 0.857. The largest absolute Gasteiger partial charge is 0.481 e. The summed E-state index contributed by atoms with van der Waals surface area (Å²) in [5.41, 5.74) is 0. The van der Waals surface area contributed by atoms with Gasteiger partial charge >= 0.3 is 12.0 Å². The lowest BCUT2D eigenvalue weighted by atomic mass is 10.1. The van der Waals surface area contributed by atoms with E-state index in [1.807, 2.05) is 0 Å². The van der Waals surface area contributed by atoms with Gasteiger partial charge in [-0.1, -0.05) is 6.92 Å². The SMILES string of the molecule is CC(CNC(=O)N1CCC(C(=O)O)C1)CN1CCCC1. The van der Waals surface area contributed by atoms with E-state index < -0.39 is 11.9 Å². The van der Waals surface area contributed by atoms with Crippen LogP contribution in [0.3, 0.4) is 0 Å². The van der Waals surface area contributed by atoms with Crippen LogP contribution in [0.2, 0.25) is 0 Å². The normalized spacial score (nSPS) is 24.9. The van der Waals surface area contributed by atoms with Crippen LogP contribution in [0, 0.1) is 11.8 Å². The minimum absolute atomic E-state index is 0.123. The molecule has 0 radical (unpaired) electrons. The highest BCUT2D eigenvalue weighted by atomic mass is 16.4. The van der Waals surface area contributed by atoms with Crippen molar-refractivity contribution in [1.29, 1.82) is 0 Å². The quantitative estimate of drug-likeness (QED) is 0.784. The Morgan fingerprint density at radius 1 is 1.30 bits per heavy atom. The number of carbonyl (C=O) groups excluding carboxylic acids is 1. The molecule has 2 fully saturated rings. The maximum Gasteiger partial charge on any atom is 0.317 e. The second kappa shape index (κ2) is 6.92. The predicted octanol–water partition coefficient (Wildman–Crippen LogP) is 0.834. The summed E-state index contributed by atoms with van der Waals surface area (Å²) in [4.78, 5) is 26.9. The summed E-state index contributed by atoms with van der Waals surface area (Å²) in [5, 5.41) is 11.9. The van der Waals surface area contributed by atoms with Crippen molar-refractivity contribution in [1.82, 2.24) is 15.1 Å². The molecule has 0 spiro atoms. The van der Waals surface area contributed by atoms with Gasteiger partial charge in [-0.05, 0) is 38.3 Å². The van der Waals surface area contributed by atoms with Gasteiger partial charge in [-0.25, -0.2) is 4.79 Å². The molecule has 2 aliphatic rings. The summed E-state index contributed by atoms with van der Waals surface area (Å²) in [6.45, 7) is 7.05. The van der Waals surface area contributed by atoms with Crippen LogP contribution in [0.4, 0.5) is 4.79 Å². The molecule has 2 heterocycles. The molecule has 114 valence electrons. The molecule has 20 heavy (non-hydrogen) atoms. The minimum atomic E-state index is -0.803. The summed E-state index contributed by atoms with van der Waals surface area (Å²) >= 11 is 0. The highest BCUT2D eigenvalue weighted by Gasteiger charge is 2.30. The van der Waals surface area contributed by atoms with Crippen LogP contribution in [0.5, 0.6) is 0 Å². The first kappa shape index (κ1) is 15.1. The van der Waals surface area contributed by atoms with Crippen molar-refractivity contribution in [3.8, 4) is 0 Å². The molecule has 0 aromatic heterocycles. The van der Waals surface area contributed by atoms with Gasteiger partial charge in [0.2, 0.25) is 0 Å². The number of carboxylic acids is 1. The molecule has 6 nitrogen and oxygen atoms in total. The number of carboxylic acid groups (broad SMARTS) is 1. The topological polar surface area (TPSA) is 72.9 Å². The van der Waals surface area contributed by atoms with E-state index in [1.54, 1.807) is 4.90 Å². The summed E-state index contributed by atoms with van der Waals surface area (Å²) in [5.74, 6) is -0.777. The van der Waals surface area contributed by atoms with Gasteiger partial charge < -0.3 is 20.2 Å². The highest BCUT2D eigenvalue weighted by Crippen LogP contribution is 2.16. The number of nitrogens with zero attached hydrogens (tertiary/aromatic N) is 2. The molecule has 2 amide bonds. The van der Waals surface area contributed by atoms with Gasteiger partial charge in [-0.2, -0.15) is 0 Å². The second-order valence-electron chi connectivity index (χ2n) is 6.07. The number of carbonyl (C=O) groups is 2. The summed E-state index contributed by atoms with van der Waals surface area (Å²) in [7, 11) is 0. The maximum atomic E-state index is 12.0. The van der Waals surface area contributed by atoms with Crippen molar-refractivity contribution in [2.24, 2.45) is 11.8 Å². The van der Waals surface area contributed by atoms with Gasteiger partial charge in [0, 0.05) is 26.2 Å². The molecule has 2 rings (SSSR count). The Balaban J connectivity index is 1.65. The van der Waals surface area contributed by atoms with E-state index in [9.17, 15) is 9.59 Å². The third-order valence-corrected chi connectivity index (χ3v) is 4.20.